The number of hydrogen-bond donors (Lipinski definition) is 2. The Morgan fingerprint density at radius 1 is 1.06 bits per heavy atom. The van der Waals surface area contributed by atoms with E-state index in [1.165, 1.54) is 13.2 Å². The summed E-state index contributed by atoms with van der Waals surface area (Å²) in [5.74, 6) is 1.15. The number of benzene rings is 2. The summed E-state index contributed by atoms with van der Waals surface area (Å²) >= 11 is 7.27. The van der Waals surface area contributed by atoms with E-state index in [4.69, 9.17) is 21.1 Å². The van der Waals surface area contributed by atoms with Gasteiger partial charge in [0.1, 0.15) is 15.7 Å². The van der Waals surface area contributed by atoms with E-state index in [1.54, 1.807) is 24.3 Å². The maximum atomic E-state index is 12.8. The molecule has 1 saturated heterocycles. The highest BCUT2D eigenvalue weighted by Gasteiger charge is 2.22. The number of piperazine rings is 1. The summed E-state index contributed by atoms with van der Waals surface area (Å²) in [6, 6.07) is 15.8. The number of anilines is 2. The highest BCUT2D eigenvalue weighted by Crippen LogP contribution is 2.41. The SMILES string of the molecule is COc1cccc(NS(=O)(=O)c2cc(Cl)c(Oc3cccc(N4CCNCC4)c3)s2)c1. The first-order chi connectivity index (χ1) is 14.9. The van der Waals surface area contributed by atoms with Crippen LogP contribution < -0.4 is 24.4 Å². The summed E-state index contributed by atoms with van der Waals surface area (Å²) in [6.45, 7) is 3.70. The van der Waals surface area contributed by atoms with Gasteiger partial charge in [-0.3, -0.25) is 4.72 Å². The molecule has 0 radical (unpaired) electrons. The Hall–Kier alpha value is -2.46. The van der Waals surface area contributed by atoms with Gasteiger partial charge in [0.05, 0.1) is 17.8 Å². The van der Waals surface area contributed by atoms with Gasteiger partial charge in [-0.15, -0.1) is 0 Å². The van der Waals surface area contributed by atoms with Crippen molar-refractivity contribution in [3.05, 3.63) is 59.6 Å². The van der Waals surface area contributed by atoms with Crippen LogP contribution in [0.3, 0.4) is 0 Å². The number of thiophene rings is 1. The third-order valence-electron chi connectivity index (χ3n) is 4.73. The quantitative estimate of drug-likeness (QED) is 0.522. The third-order valence-corrected chi connectivity index (χ3v) is 7.99. The van der Waals surface area contributed by atoms with E-state index < -0.39 is 10.0 Å². The number of sulfonamides is 1. The van der Waals surface area contributed by atoms with Gasteiger partial charge in [0.25, 0.3) is 10.0 Å². The summed E-state index contributed by atoms with van der Waals surface area (Å²) < 4.78 is 39.3. The lowest BCUT2D eigenvalue weighted by Gasteiger charge is -2.29. The van der Waals surface area contributed by atoms with Gasteiger partial charge in [-0.1, -0.05) is 35.1 Å². The van der Waals surface area contributed by atoms with Crippen LogP contribution in [0, 0.1) is 0 Å². The predicted octanol–water partition coefficient (Wildman–Crippen LogP) is 4.41. The minimum absolute atomic E-state index is 0.0635. The summed E-state index contributed by atoms with van der Waals surface area (Å²) in [4.78, 5) is 2.27. The van der Waals surface area contributed by atoms with E-state index in [0.29, 0.717) is 22.2 Å². The molecule has 0 atom stereocenters. The number of hydrogen-bond acceptors (Lipinski definition) is 7. The Bertz CT molecular complexity index is 1160. The van der Waals surface area contributed by atoms with Crippen LogP contribution in [0.15, 0.2) is 58.8 Å². The number of halogens is 1. The highest BCUT2D eigenvalue weighted by atomic mass is 35.5. The van der Waals surface area contributed by atoms with Gasteiger partial charge < -0.3 is 19.7 Å². The Labute approximate surface area is 190 Å². The lowest BCUT2D eigenvalue weighted by Crippen LogP contribution is -2.43. The molecular weight excluding hydrogens is 458 g/mol. The number of methoxy groups -OCH3 is 1. The Morgan fingerprint density at radius 3 is 2.58 bits per heavy atom. The van der Waals surface area contributed by atoms with E-state index in [1.807, 2.05) is 24.3 Å². The zero-order valence-corrected chi connectivity index (χ0v) is 19.2. The van der Waals surface area contributed by atoms with Gasteiger partial charge in [-0.05, 0) is 30.3 Å². The molecule has 2 aromatic carbocycles. The van der Waals surface area contributed by atoms with Crippen molar-refractivity contribution < 1.29 is 17.9 Å². The number of nitrogens with one attached hydrogen (secondary N) is 2. The monoisotopic (exact) mass is 479 g/mol. The zero-order valence-electron chi connectivity index (χ0n) is 16.8. The molecular formula is C21H22ClN3O4S2. The maximum Gasteiger partial charge on any atom is 0.271 e. The van der Waals surface area contributed by atoms with Crippen molar-refractivity contribution >= 4 is 44.3 Å². The molecule has 0 unspecified atom stereocenters. The lowest BCUT2D eigenvalue weighted by atomic mass is 10.2. The van der Waals surface area contributed by atoms with Crippen molar-refractivity contribution in [3.63, 3.8) is 0 Å². The number of nitrogens with zero attached hydrogens (tertiary/aromatic N) is 1. The first-order valence-electron chi connectivity index (χ1n) is 9.64. The molecule has 3 aromatic rings. The van der Waals surface area contributed by atoms with Crippen molar-refractivity contribution in [1.82, 2.24) is 5.32 Å². The fourth-order valence-corrected chi connectivity index (χ4v) is 5.85. The van der Waals surface area contributed by atoms with Crippen LogP contribution in [0.1, 0.15) is 0 Å². The Kier molecular flexibility index (Phi) is 6.57. The predicted molar refractivity (Wildman–Crippen MR) is 125 cm³/mol. The molecule has 164 valence electrons. The third kappa shape index (κ3) is 5.24. The van der Waals surface area contributed by atoms with E-state index in [0.717, 1.165) is 43.2 Å². The highest BCUT2D eigenvalue weighted by molar-refractivity contribution is 7.94. The van der Waals surface area contributed by atoms with Crippen LogP contribution >= 0.6 is 22.9 Å². The van der Waals surface area contributed by atoms with Gasteiger partial charge in [-0.2, -0.15) is 0 Å². The molecule has 0 saturated carbocycles. The van der Waals surface area contributed by atoms with E-state index >= 15 is 0 Å². The molecule has 1 aliphatic rings. The average molecular weight is 480 g/mol. The molecule has 1 fully saturated rings. The summed E-state index contributed by atoms with van der Waals surface area (Å²) in [5, 5.41) is 3.89. The molecule has 31 heavy (non-hydrogen) atoms. The molecule has 0 amide bonds. The molecule has 0 spiro atoms. The van der Waals surface area contributed by atoms with E-state index in [9.17, 15) is 8.42 Å². The van der Waals surface area contributed by atoms with E-state index in [2.05, 4.69) is 14.9 Å². The van der Waals surface area contributed by atoms with Gasteiger partial charge in [0.15, 0.2) is 0 Å². The van der Waals surface area contributed by atoms with Crippen LogP contribution in [-0.2, 0) is 10.0 Å². The fraction of sp³-hybridized carbons (Fsp3) is 0.238. The summed E-state index contributed by atoms with van der Waals surface area (Å²) in [5.41, 5.74) is 1.45. The smallest absolute Gasteiger partial charge is 0.271 e. The molecule has 2 N–H and O–H groups in total. The standard InChI is InChI=1S/C21H22ClN3O4S2/c1-28-17-6-2-4-15(12-17)24-31(26,27)20-14-19(22)21(30-20)29-18-7-3-5-16(13-18)25-10-8-23-9-11-25/h2-7,12-14,23-24H,8-11H2,1H3. The van der Waals surface area contributed by atoms with Gasteiger partial charge in [-0.25, -0.2) is 8.42 Å². The largest absolute Gasteiger partial charge is 0.497 e. The number of rotatable bonds is 7. The van der Waals surface area contributed by atoms with Crippen LogP contribution in [0.2, 0.25) is 5.02 Å². The summed E-state index contributed by atoms with van der Waals surface area (Å²) in [7, 11) is -2.30. The van der Waals surface area contributed by atoms with E-state index in [-0.39, 0.29) is 9.23 Å². The van der Waals surface area contributed by atoms with Crippen molar-refractivity contribution in [2.45, 2.75) is 4.21 Å². The molecule has 10 heteroatoms. The second kappa shape index (κ2) is 9.35. The normalized spacial score (nSPS) is 14.3. The summed E-state index contributed by atoms with van der Waals surface area (Å²) in [6.07, 6.45) is 0. The first kappa shape index (κ1) is 21.8. The molecule has 1 aromatic heterocycles. The minimum atomic E-state index is -3.82. The van der Waals surface area contributed by atoms with Gasteiger partial charge in [0.2, 0.25) is 5.06 Å². The zero-order chi connectivity index (χ0) is 21.8. The number of ether oxygens (including phenoxy) is 2. The second-order valence-corrected chi connectivity index (χ2v) is 10.2. The molecule has 1 aliphatic heterocycles. The van der Waals surface area contributed by atoms with Crippen LogP contribution in [0.5, 0.6) is 16.6 Å². The van der Waals surface area contributed by atoms with Crippen LogP contribution in [-0.4, -0.2) is 41.7 Å². The molecule has 4 rings (SSSR count). The first-order valence-corrected chi connectivity index (χ1v) is 12.3. The minimum Gasteiger partial charge on any atom is -0.497 e. The van der Waals surface area contributed by atoms with Gasteiger partial charge in [0, 0.05) is 44.0 Å². The lowest BCUT2D eigenvalue weighted by molar-refractivity contribution is 0.415. The second-order valence-electron chi connectivity index (χ2n) is 6.87. The Balaban J connectivity index is 1.52. The maximum absolute atomic E-state index is 12.8. The van der Waals surface area contributed by atoms with Crippen molar-refractivity contribution in [2.75, 3.05) is 42.9 Å². The van der Waals surface area contributed by atoms with Crippen molar-refractivity contribution in [3.8, 4) is 16.6 Å². The van der Waals surface area contributed by atoms with Crippen molar-refractivity contribution in [2.24, 2.45) is 0 Å². The van der Waals surface area contributed by atoms with Gasteiger partial charge >= 0.3 is 0 Å². The molecule has 0 bridgehead atoms. The average Bonchev–Trinajstić information content (AvgIpc) is 3.15. The Morgan fingerprint density at radius 2 is 1.81 bits per heavy atom. The van der Waals surface area contributed by atoms with Crippen LogP contribution in [0.4, 0.5) is 11.4 Å². The molecule has 0 aliphatic carbocycles. The van der Waals surface area contributed by atoms with Crippen LogP contribution in [0.25, 0.3) is 0 Å². The molecule has 7 nitrogen and oxygen atoms in total. The molecule has 2 heterocycles. The fourth-order valence-electron chi connectivity index (χ4n) is 3.20. The topological polar surface area (TPSA) is 79.9 Å². The van der Waals surface area contributed by atoms with Crippen molar-refractivity contribution in [1.29, 1.82) is 0 Å².